The molecule has 3 nitrogen and oxygen atoms in total. The molecule has 0 aromatic heterocycles. The van der Waals surface area contributed by atoms with Crippen LogP contribution in [0.25, 0.3) is 0 Å². The Morgan fingerprint density at radius 1 is 1.53 bits per heavy atom. The summed E-state index contributed by atoms with van der Waals surface area (Å²) in [6, 6.07) is 0. The van der Waals surface area contributed by atoms with Crippen molar-refractivity contribution in [2.45, 2.75) is 52.4 Å². The highest BCUT2D eigenvalue weighted by molar-refractivity contribution is 6.03. The number of carbonyl (C=O) groups is 2. The fourth-order valence-electron chi connectivity index (χ4n) is 2.36. The summed E-state index contributed by atoms with van der Waals surface area (Å²) in [6.45, 7) is 4.06. The van der Waals surface area contributed by atoms with Gasteiger partial charge < -0.3 is 5.11 Å². The maximum Gasteiger partial charge on any atom is 0.317 e. The van der Waals surface area contributed by atoms with Crippen LogP contribution in [0.1, 0.15) is 52.4 Å². The fraction of sp³-hybridized carbons (Fsp3) is 0.833. The number of Topliss-reactive ketones (excluding diaryl/α,β-unsaturated/α-hetero) is 1. The van der Waals surface area contributed by atoms with E-state index in [4.69, 9.17) is 0 Å². The van der Waals surface area contributed by atoms with E-state index in [9.17, 15) is 14.7 Å². The second-order valence-electron chi connectivity index (χ2n) is 4.74. The second kappa shape index (κ2) is 4.77. The van der Waals surface area contributed by atoms with Crippen molar-refractivity contribution in [1.29, 1.82) is 0 Å². The van der Waals surface area contributed by atoms with Crippen molar-refractivity contribution in [2.24, 2.45) is 11.3 Å². The van der Waals surface area contributed by atoms with E-state index in [1.165, 1.54) is 0 Å². The van der Waals surface area contributed by atoms with Crippen molar-refractivity contribution in [3.05, 3.63) is 0 Å². The second-order valence-corrected chi connectivity index (χ2v) is 4.74. The number of carboxylic acids is 1. The molecule has 0 spiro atoms. The Morgan fingerprint density at radius 3 is 2.67 bits per heavy atom. The molecule has 0 bridgehead atoms. The summed E-state index contributed by atoms with van der Waals surface area (Å²) in [5, 5.41) is 9.28. The standard InChI is InChI=1S/C12H20O3/c1-3-9(2)8-12(11(14)15)7-5-4-6-10(12)13/h9H,3-8H2,1-2H3,(H,14,15). The third-order valence-corrected chi connectivity index (χ3v) is 3.59. The lowest BCUT2D eigenvalue weighted by Crippen LogP contribution is -2.42. The lowest BCUT2D eigenvalue weighted by molar-refractivity contribution is -0.158. The molecule has 1 fully saturated rings. The van der Waals surface area contributed by atoms with Gasteiger partial charge in [-0.3, -0.25) is 9.59 Å². The Bertz CT molecular complexity index is 260. The lowest BCUT2D eigenvalue weighted by Gasteiger charge is -2.33. The van der Waals surface area contributed by atoms with Crippen LogP contribution in [0.2, 0.25) is 0 Å². The molecule has 2 atom stereocenters. The van der Waals surface area contributed by atoms with Gasteiger partial charge in [0.1, 0.15) is 11.2 Å². The van der Waals surface area contributed by atoms with Crippen molar-refractivity contribution in [1.82, 2.24) is 0 Å². The Hall–Kier alpha value is -0.860. The maximum absolute atomic E-state index is 11.8. The van der Waals surface area contributed by atoms with Crippen LogP contribution in [-0.2, 0) is 9.59 Å². The molecule has 0 aromatic carbocycles. The Morgan fingerprint density at radius 2 is 2.20 bits per heavy atom. The highest BCUT2D eigenvalue weighted by Crippen LogP contribution is 2.39. The van der Waals surface area contributed by atoms with E-state index in [0.29, 0.717) is 25.2 Å². The third-order valence-electron chi connectivity index (χ3n) is 3.59. The summed E-state index contributed by atoms with van der Waals surface area (Å²) in [6.07, 6.45) is 4.15. The Kier molecular flexibility index (Phi) is 3.89. The molecular formula is C12H20O3. The van der Waals surface area contributed by atoms with E-state index in [-0.39, 0.29) is 5.78 Å². The van der Waals surface area contributed by atoms with Gasteiger partial charge in [0, 0.05) is 6.42 Å². The van der Waals surface area contributed by atoms with Crippen LogP contribution in [0.5, 0.6) is 0 Å². The van der Waals surface area contributed by atoms with Gasteiger partial charge in [0.2, 0.25) is 0 Å². The highest BCUT2D eigenvalue weighted by atomic mass is 16.4. The van der Waals surface area contributed by atoms with Gasteiger partial charge in [0.05, 0.1) is 0 Å². The molecule has 1 aliphatic rings. The lowest BCUT2D eigenvalue weighted by atomic mass is 9.68. The number of carbonyl (C=O) groups excluding carboxylic acids is 1. The molecular weight excluding hydrogens is 192 g/mol. The van der Waals surface area contributed by atoms with Gasteiger partial charge in [0.25, 0.3) is 0 Å². The smallest absolute Gasteiger partial charge is 0.317 e. The summed E-state index contributed by atoms with van der Waals surface area (Å²) >= 11 is 0. The van der Waals surface area contributed by atoms with Crippen molar-refractivity contribution < 1.29 is 14.7 Å². The molecule has 86 valence electrons. The van der Waals surface area contributed by atoms with Gasteiger partial charge in [-0.1, -0.05) is 26.7 Å². The summed E-state index contributed by atoms with van der Waals surface area (Å²) in [5.41, 5.74) is -1.06. The largest absolute Gasteiger partial charge is 0.480 e. The maximum atomic E-state index is 11.8. The van der Waals surface area contributed by atoms with Crippen molar-refractivity contribution in [3.8, 4) is 0 Å². The van der Waals surface area contributed by atoms with Crippen LogP contribution in [0.4, 0.5) is 0 Å². The van der Waals surface area contributed by atoms with E-state index in [2.05, 4.69) is 0 Å². The zero-order valence-electron chi connectivity index (χ0n) is 9.58. The van der Waals surface area contributed by atoms with Crippen LogP contribution < -0.4 is 0 Å². The Balaban J connectivity index is 2.86. The predicted octanol–water partition coefficient (Wildman–Crippen LogP) is 2.64. The van der Waals surface area contributed by atoms with Gasteiger partial charge in [-0.05, 0) is 25.2 Å². The minimum absolute atomic E-state index is 0.0541. The zero-order valence-corrected chi connectivity index (χ0v) is 9.58. The number of ketones is 1. The third kappa shape index (κ3) is 2.39. The first kappa shape index (κ1) is 12.2. The van der Waals surface area contributed by atoms with E-state index in [1.807, 2.05) is 13.8 Å². The number of hydrogen-bond donors (Lipinski definition) is 1. The number of hydrogen-bond acceptors (Lipinski definition) is 2. The molecule has 0 radical (unpaired) electrons. The molecule has 0 saturated heterocycles. The van der Waals surface area contributed by atoms with Crippen LogP contribution in [0.3, 0.4) is 0 Å². The molecule has 15 heavy (non-hydrogen) atoms. The first-order valence-electron chi connectivity index (χ1n) is 5.79. The van der Waals surface area contributed by atoms with Crippen LogP contribution in [-0.4, -0.2) is 16.9 Å². The first-order valence-corrected chi connectivity index (χ1v) is 5.79. The normalized spacial score (nSPS) is 28.8. The molecule has 1 rings (SSSR count). The van der Waals surface area contributed by atoms with E-state index in [1.54, 1.807) is 0 Å². The number of rotatable bonds is 4. The van der Waals surface area contributed by atoms with Gasteiger partial charge in [0.15, 0.2) is 0 Å². The van der Waals surface area contributed by atoms with Crippen molar-refractivity contribution in [2.75, 3.05) is 0 Å². The molecule has 0 aliphatic heterocycles. The van der Waals surface area contributed by atoms with E-state index < -0.39 is 11.4 Å². The molecule has 2 unspecified atom stereocenters. The van der Waals surface area contributed by atoms with Crippen LogP contribution >= 0.6 is 0 Å². The molecule has 1 N–H and O–H groups in total. The van der Waals surface area contributed by atoms with Gasteiger partial charge in [-0.2, -0.15) is 0 Å². The summed E-state index contributed by atoms with van der Waals surface area (Å²) in [4.78, 5) is 23.1. The summed E-state index contributed by atoms with van der Waals surface area (Å²) in [5.74, 6) is -0.655. The quantitative estimate of drug-likeness (QED) is 0.729. The van der Waals surface area contributed by atoms with Crippen molar-refractivity contribution in [3.63, 3.8) is 0 Å². The topological polar surface area (TPSA) is 54.4 Å². The van der Waals surface area contributed by atoms with Gasteiger partial charge >= 0.3 is 5.97 Å². The monoisotopic (exact) mass is 212 g/mol. The van der Waals surface area contributed by atoms with Gasteiger partial charge in [-0.25, -0.2) is 0 Å². The first-order chi connectivity index (χ1) is 7.03. The average Bonchev–Trinajstić information content (AvgIpc) is 2.21. The minimum Gasteiger partial charge on any atom is -0.480 e. The molecule has 0 aromatic rings. The highest BCUT2D eigenvalue weighted by Gasteiger charge is 2.47. The SMILES string of the molecule is CCC(C)CC1(C(=O)O)CCCCC1=O. The van der Waals surface area contributed by atoms with Crippen LogP contribution in [0.15, 0.2) is 0 Å². The molecule has 0 heterocycles. The fourth-order valence-corrected chi connectivity index (χ4v) is 2.36. The predicted molar refractivity (Wildman–Crippen MR) is 57.6 cm³/mol. The van der Waals surface area contributed by atoms with E-state index >= 15 is 0 Å². The zero-order chi connectivity index (χ0) is 11.5. The summed E-state index contributed by atoms with van der Waals surface area (Å²) < 4.78 is 0. The Labute approximate surface area is 90.9 Å². The van der Waals surface area contributed by atoms with Gasteiger partial charge in [-0.15, -0.1) is 0 Å². The van der Waals surface area contributed by atoms with Crippen LogP contribution in [0, 0.1) is 11.3 Å². The molecule has 3 heteroatoms. The molecule has 1 aliphatic carbocycles. The molecule has 1 saturated carbocycles. The number of aliphatic carboxylic acids is 1. The van der Waals surface area contributed by atoms with E-state index in [0.717, 1.165) is 19.3 Å². The molecule has 0 amide bonds. The summed E-state index contributed by atoms with van der Waals surface area (Å²) in [7, 11) is 0. The van der Waals surface area contributed by atoms with Crippen molar-refractivity contribution >= 4 is 11.8 Å². The number of carboxylic acid groups (broad SMARTS) is 1. The minimum atomic E-state index is -1.06. The average molecular weight is 212 g/mol.